The van der Waals surface area contributed by atoms with Crippen LogP contribution in [0.5, 0.6) is 0 Å². The monoisotopic (exact) mass is 350 g/mol. The Bertz CT molecular complexity index is 133. The molecule has 0 rings (SSSR count). The fourth-order valence-electron chi connectivity index (χ4n) is 3.09. The van der Waals surface area contributed by atoms with E-state index in [-0.39, 0.29) is 0 Å². The average Bonchev–Trinajstić information content (AvgIpc) is 2.37. The fraction of sp³-hybridized carbons (Fsp3) is 1.00. The van der Waals surface area contributed by atoms with Crippen molar-refractivity contribution in [1.82, 2.24) is 0 Å². The van der Waals surface area contributed by atoms with Gasteiger partial charge < -0.3 is 0 Å². The molecule has 2 heteroatoms. The third kappa shape index (κ3) is 4.40. The van der Waals surface area contributed by atoms with Crippen LogP contribution in [0.2, 0.25) is 42.0 Å². The molecule has 0 aromatic rings. The Morgan fingerprint density at radius 3 is 0.750 bits per heavy atom. The predicted octanol–water partition coefficient (Wildman–Crippen LogP) is 6.00. The second-order valence-electron chi connectivity index (χ2n) is 5.62. The molecule has 0 aromatic heterocycles. The summed E-state index contributed by atoms with van der Waals surface area (Å²) < 4.78 is 0. The Kier molecular flexibility index (Phi) is 8.79. The van der Waals surface area contributed by atoms with Gasteiger partial charge in [0.2, 0.25) is 0 Å². The van der Waals surface area contributed by atoms with Gasteiger partial charge in [-0.15, -0.1) is 0 Å². The fourth-order valence-corrected chi connectivity index (χ4v) is 27.6. The molecular weight excluding hydrogens is 313 g/mol. The first-order chi connectivity index (χ1) is 7.57. The van der Waals surface area contributed by atoms with Crippen LogP contribution in [0.15, 0.2) is 0 Å². The Hall–Kier alpha value is 1.09. The molecule has 0 N–H and O–H groups in total. The molecule has 0 aliphatic heterocycles. The zero-order chi connectivity index (χ0) is 12.7. The minimum absolute atomic E-state index is 1.36. The van der Waals surface area contributed by atoms with Crippen molar-refractivity contribution in [3.05, 3.63) is 0 Å². The Labute approximate surface area is 110 Å². The molecular formula is C14H34Ge2. The van der Waals surface area contributed by atoms with Crippen molar-refractivity contribution in [3.63, 3.8) is 0 Å². The molecule has 0 saturated carbocycles. The van der Waals surface area contributed by atoms with Crippen molar-refractivity contribution in [1.29, 1.82) is 0 Å². The van der Waals surface area contributed by atoms with Gasteiger partial charge in [-0.2, -0.15) is 0 Å². The van der Waals surface area contributed by atoms with Gasteiger partial charge in [0.15, 0.2) is 0 Å². The first kappa shape index (κ1) is 17.1. The van der Waals surface area contributed by atoms with E-state index >= 15 is 0 Å². The van der Waals surface area contributed by atoms with E-state index in [1.165, 1.54) is 0 Å². The SMILES string of the molecule is C[CH2][Ge]([CH2]C)([CH2]C)[CH2][CH2][Ge]([CH2]C)([CH2]C)[CH2]C. The summed E-state index contributed by atoms with van der Waals surface area (Å²) in [6, 6.07) is 0. The van der Waals surface area contributed by atoms with E-state index in [1.807, 2.05) is 0 Å². The van der Waals surface area contributed by atoms with E-state index in [0.29, 0.717) is 0 Å². The van der Waals surface area contributed by atoms with Crippen LogP contribution in [-0.4, -0.2) is 26.5 Å². The molecule has 0 fully saturated rings. The van der Waals surface area contributed by atoms with Gasteiger partial charge in [-0.1, -0.05) is 0 Å². The van der Waals surface area contributed by atoms with E-state index in [4.69, 9.17) is 0 Å². The quantitative estimate of drug-likeness (QED) is 0.448. The van der Waals surface area contributed by atoms with Crippen molar-refractivity contribution in [2.75, 3.05) is 0 Å². The van der Waals surface area contributed by atoms with Crippen molar-refractivity contribution in [2.24, 2.45) is 0 Å². The number of rotatable bonds is 9. The summed E-state index contributed by atoms with van der Waals surface area (Å²) in [5.41, 5.74) is 0. The molecule has 0 unspecified atom stereocenters. The number of hydrogen-bond donors (Lipinski definition) is 0. The van der Waals surface area contributed by atoms with Crippen molar-refractivity contribution in [3.8, 4) is 0 Å². The molecule has 0 nitrogen and oxygen atoms in total. The summed E-state index contributed by atoms with van der Waals surface area (Å²) in [5, 5.41) is 12.8. The molecule has 0 saturated heterocycles. The first-order valence-corrected chi connectivity index (χ1v) is 19.4. The maximum absolute atomic E-state index is 2.48. The van der Waals surface area contributed by atoms with Crippen LogP contribution in [-0.2, 0) is 0 Å². The third-order valence-corrected chi connectivity index (χ3v) is 32.3. The standard InChI is InChI=1S/C14H34Ge2/c1-7-15(8-2,9-3)13-14-16(10-4,11-5)12-6/h7-14H2,1-6H3. The van der Waals surface area contributed by atoms with Crippen molar-refractivity contribution < 1.29 is 0 Å². The van der Waals surface area contributed by atoms with Crippen LogP contribution < -0.4 is 0 Å². The zero-order valence-electron chi connectivity index (χ0n) is 12.7. The van der Waals surface area contributed by atoms with Crippen molar-refractivity contribution >= 4 is 26.5 Å². The molecule has 0 aliphatic rings. The normalized spacial score (nSPS) is 13.1. The van der Waals surface area contributed by atoms with Crippen LogP contribution in [0, 0.1) is 0 Å². The van der Waals surface area contributed by atoms with Gasteiger partial charge in [0, 0.05) is 0 Å². The van der Waals surface area contributed by atoms with Crippen LogP contribution in [0.3, 0.4) is 0 Å². The molecule has 0 atom stereocenters. The molecule has 0 amide bonds. The van der Waals surface area contributed by atoms with E-state index in [0.717, 1.165) is 0 Å². The average molecular weight is 348 g/mol. The Balaban J connectivity index is 4.48. The van der Waals surface area contributed by atoms with Crippen LogP contribution >= 0.6 is 0 Å². The minimum atomic E-state index is -1.36. The molecule has 0 radical (unpaired) electrons. The Morgan fingerprint density at radius 2 is 0.625 bits per heavy atom. The van der Waals surface area contributed by atoms with Crippen molar-refractivity contribution in [2.45, 2.75) is 83.6 Å². The Morgan fingerprint density at radius 1 is 0.438 bits per heavy atom. The van der Waals surface area contributed by atoms with Crippen LogP contribution in [0.4, 0.5) is 0 Å². The second kappa shape index (κ2) is 8.23. The molecule has 0 spiro atoms. The summed E-state index contributed by atoms with van der Waals surface area (Å²) in [6.45, 7) is 14.9. The molecule has 0 aliphatic carbocycles. The van der Waals surface area contributed by atoms with Gasteiger partial charge in [0.05, 0.1) is 0 Å². The summed E-state index contributed by atoms with van der Waals surface area (Å²) in [5.74, 6) is 0. The van der Waals surface area contributed by atoms with Gasteiger partial charge in [0.25, 0.3) is 0 Å². The predicted molar refractivity (Wildman–Crippen MR) is 84.0 cm³/mol. The van der Waals surface area contributed by atoms with Gasteiger partial charge in [-0.3, -0.25) is 0 Å². The summed E-state index contributed by atoms with van der Waals surface area (Å²) >= 11 is -2.71. The van der Waals surface area contributed by atoms with Gasteiger partial charge in [-0.25, -0.2) is 0 Å². The van der Waals surface area contributed by atoms with E-state index in [9.17, 15) is 0 Å². The van der Waals surface area contributed by atoms with Crippen LogP contribution in [0.25, 0.3) is 0 Å². The zero-order valence-corrected chi connectivity index (χ0v) is 16.9. The molecule has 0 aromatic carbocycles. The first-order valence-electron chi connectivity index (χ1n) is 7.57. The maximum atomic E-state index is 2.48. The molecule has 98 valence electrons. The van der Waals surface area contributed by atoms with E-state index in [1.54, 1.807) is 42.0 Å². The topological polar surface area (TPSA) is 0 Å². The van der Waals surface area contributed by atoms with Gasteiger partial charge >= 0.3 is 110 Å². The molecule has 0 heterocycles. The molecule has 16 heavy (non-hydrogen) atoms. The second-order valence-corrected chi connectivity index (χ2v) is 29.2. The summed E-state index contributed by atoms with van der Waals surface area (Å²) in [7, 11) is 0. The summed E-state index contributed by atoms with van der Waals surface area (Å²) in [6.07, 6.45) is 0. The van der Waals surface area contributed by atoms with Gasteiger partial charge in [-0.05, 0) is 0 Å². The third-order valence-electron chi connectivity index (χ3n) is 5.69. The van der Waals surface area contributed by atoms with E-state index in [2.05, 4.69) is 41.5 Å². The van der Waals surface area contributed by atoms with Gasteiger partial charge in [0.1, 0.15) is 0 Å². The molecule has 0 bridgehead atoms. The number of hydrogen-bond acceptors (Lipinski definition) is 0. The summed E-state index contributed by atoms with van der Waals surface area (Å²) in [4.78, 5) is 0. The van der Waals surface area contributed by atoms with E-state index < -0.39 is 26.5 Å². The van der Waals surface area contributed by atoms with Crippen LogP contribution in [0.1, 0.15) is 41.5 Å².